The summed E-state index contributed by atoms with van der Waals surface area (Å²) in [7, 11) is 1.64. The minimum atomic E-state index is 0.226. The number of likely N-dealkylation sites (N-methyl/N-ethyl adjacent to an activating group) is 1. The standard InChI is InChI=1S/C27H36N8O2S/c1-6-33(7-2)15-22(36)34-10-8-18(9-11-34)21-13-28-27(38-21)25-23(17(3)4)24(31-32-25)19-12-20(37-5)26-29-16-30-35(26)14-19/h12-14,16-18H,6-11,15H2,1-5H3,(H,31,32). The van der Waals surface area contributed by atoms with E-state index in [0.29, 0.717) is 23.9 Å². The molecule has 1 aliphatic heterocycles. The fourth-order valence-electron chi connectivity index (χ4n) is 5.22. The molecule has 202 valence electrons. The van der Waals surface area contributed by atoms with Crippen LogP contribution in [0.5, 0.6) is 5.75 Å². The number of ether oxygens (including phenoxy) is 1. The lowest BCUT2D eigenvalue weighted by Crippen LogP contribution is -2.43. The molecule has 1 saturated heterocycles. The number of rotatable bonds is 9. The van der Waals surface area contributed by atoms with Gasteiger partial charge in [-0.2, -0.15) is 10.2 Å². The summed E-state index contributed by atoms with van der Waals surface area (Å²) in [5.41, 5.74) is 4.54. The topological polar surface area (TPSA) is 105 Å². The number of amides is 1. The zero-order valence-corrected chi connectivity index (χ0v) is 23.6. The number of nitrogens with zero attached hydrogens (tertiary/aromatic N) is 7. The summed E-state index contributed by atoms with van der Waals surface area (Å²) < 4.78 is 7.29. The molecule has 5 rings (SSSR count). The van der Waals surface area contributed by atoms with Crippen molar-refractivity contribution < 1.29 is 9.53 Å². The second-order valence-corrected chi connectivity index (χ2v) is 11.1. The van der Waals surface area contributed by atoms with Crippen molar-refractivity contribution in [2.45, 2.75) is 52.4 Å². The van der Waals surface area contributed by atoms with E-state index in [1.807, 2.05) is 23.4 Å². The summed E-state index contributed by atoms with van der Waals surface area (Å²) in [6.45, 7) is 12.5. The lowest BCUT2D eigenvalue weighted by atomic mass is 9.95. The molecule has 1 fully saturated rings. The molecule has 0 atom stereocenters. The van der Waals surface area contributed by atoms with Gasteiger partial charge in [0.25, 0.3) is 0 Å². The number of aromatic amines is 1. The van der Waals surface area contributed by atoms with Crippen LogP contribution in [0.4, 0.5) is 0 Å². The van der Waals surface area contributed by atoms with Gasteiger partial charge in [-0.05, 0) is 43.8 Å². The van der Waals surface area contributed by atoms with Gasteiger partial charge in [0.15, 0.2) is 11.4 Å². The molecule has 1 amide bonds. The van der Waals surface area contributed by atoms with Gasteiger partial charge in [-0.1, -0.05) is 27.7 Å². The van der Waals surface area contributed by atoms with E-state index in [9.17, 15) is 4.79 Å². The van der Waals surface area contributed by atoms with E-state index in [1.54, 1.807) is 23.0 Å². The molecule has 0 spiro atoms. The third-order valence-corrected chi connectivity index (χ3v) is 8.63. The number of hydrogen-bond donors (Lipinski definition) is 1. The smallest absolute Gasteiger partial charge is 0.236 e. The molecule has 0 bridgehead atoms. The van der Waals surface area contributed by atoms with E-state index in [1.165, 1.54) is 11.2 Å². The van der Waals surface area contributed by atoms with Gasteiger partial charge in [-0.3, -0.25) is 14.8 Å². The van der Waals surface area contributed by atoms with Crippen LogP contribution in [-0.4, -0.2) is 85.3 Å². The first kappa shape index (κ1) is 26.3. The Kier molecular flexibility index (Phi) is 7.75. The largest absolute Gasteiger partial charge is 0.493 e. The number of carbonyl (C=O) groups is 1. The quantitative estimate of drug-likeness (QED) is 0.338. The van der Waals surface area contributed by atoms with Crippen molar-refractivity contribution in [2.75, 3.05) is 39.8 Å². The zero-order valence-electron chi connectivity index (χ0n) is 22.8. The Morgan fingerprint density at radius 2 is 2.00 bits per heavy atom. The summed E-state index contributed by atoms with van der Waals surface area (Å²) in [5, 5.41) is 13.2. The van der Waals surface area contributed by atoms with Crippen LogP contribution in [0.25, 0.3) is 27.6 Å². The Labute approximate surface area is 227 Å². The number of piperidine rings is 1. The van der Waals surface area contributed by atoms with Gasteiger partial charge in [0.2, 0.25) is 5.91 Å². The molecule has 4 aromatic rings. The van der Waals surface area contributed by atoms with Crippen LogP contribution >= 0.6 is 11.3 Å². The van der Waals surface area contributed by atoms with E-state index in [0.717, 1.165) is 66.5 Å². The van der Waals surface area contributed by atoms with E-state index in [4.69, 9.17) is 14.8 Å². The highest BCUT2D eigenvalue weighted by molar-refractivity contribution is 7.15. The lowest BCUT2D eigenvalue weighted by molar-refractivity contribution is -0.133. The van der Waals surface area contributed by atoms with Crippen LogP contribution in [0.15, 0.2) is 24.8 Å². The number of nitrogens with one attached hydrogen (secondary N) is 1. The number of methoxy groups -OCH3 is 1. The van der Waals surface area contributed by atoms with Crippen molar-refractivity contribution in [1.82, 2.24) is 39.6 Å². The van der Waals surface area contributed by atoms with Crippen molar-refractivity contribution in [3.63, 3.8) is 0 Å². The second kappa shape index (κ2) is 11.2. The molecule has 1 N–H and O–H groups in total. The normalized spacial score (nSPS) is 14.8. The number of thiazole rings is 1. The first-order valence-corrected chi connectivity index (χ1v) is 14.2. The van der Waals surface area contributed by atoms with Crippen LogP contribution in [0, 0.1) is 0 Å². The molecule has 38 heavy (non-hydrogen) atoms. The highest BCUT2D eigenvalue weighted by Crippen LogP contribution is 2.40. The molecular weight excluding hydrogens is 500 g/mol. The third-order valence-electron chi connectivity index (χ3n) is 7.46. The zero-order chi connectivity index (χ0) is 26.8. The third kappa shape index (κ3) is 5.04. The van der Waals surface area contributed by atoms with E-state index < -0.39 is 0 Å². The van der Waals surface area contributed by atoms with Crippen molar-refractivity contribution in [1.29, 1.82) is 0 Å². The molecule has 0 unspecified atom stereocenters. The summed E-state index contributed by atoms with van der Waals surface area (Å²) in [6, 6.07) is 1.97. The predicted molar refractivity (Wildman–Crippen MR) is 149 cm³/mol. The fraction of sp³-hybridized carbons (Fsp3) is 0.519. The molecule has 0 radical (unpaired) electrons. The Morgan fingerprint density at radius 1 is 1.24 bits per heavy atom. The first-order valence-electron chi connectivity index (χ1n) is 13.4. The Hall–Kier alpha value is -3.31. The van der Waals surface area contributed by atoms with Gasteiger partial charge in [0.1, 0.15) is 17.0 Å². The first-order chi connectivity index (χ1) is 18.4. The summed E-state index contributed by atoms with van der Waals surface area (Å²) in [5.74, 6) is 1.54. The maximum Gasteiger partial charge on any atom is 0.236 e. The van der Waals surface area contributed by atoms with Crippen molar-refractivity contribution in [3.8, 4) is 27.7 Å². The van der Waals surface area contributed by atoms with Crippen LogP contribution in [0.3, 0.4) is 0 Å². The lowest BCUT2D eigenvalue weighted by Gasteiger charge is -2.32. The van der Waals surface area contributed by atoms with Gasteiger partial charge in [-0.15, -0.1) is 11.3 Å². The molecule has 0 saturated carbocycles. The Balaban J connectivity index is 1.35. The summed E-state index contributed by atoms with van der Waals surface area (Å²) in [4.78, 5) is 27.3. The van der Waals surface area contributed by atoms with Crippen molar-refractivity contribution >= 4 is 22.9 Å². The molecule has 1 aliphatic rings. The van der Waals surface area contributed by atoms with Gasteiger partial charge in [-0.25, -0.2) is 14.5 Å². The fourth-order valence-corrected chi connectivity index (χ4v) is 6.30. The van der Waals surface area contributed by atoms with E-state index >= 15 is 0 Å². The minimum Gasteiger partial charge on any atom is -0.493 e. The van der Waals surface area contributed by atoms with E-state index in [2.05, 4.69) is 47.8 Å². The molecule has 0 aromatic carbocycles. The molecule has 0 aliphatic carbocycles. The highest BCUT2D eigenvalue weighted by Gasteiger charge is 2.28. The summed E-state index contributed by atoms with van der Waals surface area (Å²) >= 11 is 1.71. The molecular formula is C27H36N8O2S. The van der Waals surface area contributed by atoms with E-state index in [-0.39, 0.29) is 11.8 Å². The van der Waals surface area contributed by atoms with Crippen LogP contribution in [0.1, 0.15) is 62.8 Å². The number of fused-ring (bicyclic) bond motifs is 1. The number of carbonyl (C=O) groups excluding carboxylic acids is 1. The average Bonchev–Trinajstić information content (AvgIpc) is 3.70. The SMILES string of the molecule is CCN(CC)CC(=O)N1CCC(c2cnc(-c3n[nH]c(-c4cc(OC)c5ncnn5c4)c3C(C)C)s2)CC1. The van der Waals surface area contributed by atoms with Gasteiger partial charge in [0, 0.05) is 41.5 Å². The maximum absolute atomic E-state index is 12.7. The van der Waals surface area contributed by atoms with Crippen molar-refractivity contribution in [2.24, 2.45) is 0 Å². The number of hydrogen-bond acceptors (Lipinski definition) is 8. The number of likely N-dealkylation sites (tertiary alicyclic amines) is 1. The average molecular weight is 537 g/mol. The molecule has 10 nitrogen and oxygen atoms in total. The monoisotopic (exact) mass is 536 g/mol. The Bertz CT molecular complexity index is 1400. The van der Waals surface area contributed by atoms with Gasteiger partial charge in [0.05, 0.1) is 19.3 Å². The second-order valence-electron chi connectivity index (χ2n) is 10.0. The highest BCUT2D eigenvalue weighted by atomic mass is 32.1. The van der Waals surface area contributed by atoms with Crippen LogP contribution in [0.2, 0.25) is 0 Å². The number of pyridine rings is 1. The maximum atomic E-state index is 12.7. The summed E-state index contributed by atoms with van der Waals surface area (Å²) in [6.07, 6.45) is 7.39. The molecule has 4 aromatic heterocycles. The predicted octanol–water partition coefficient (Wildman–Crippen LogP) is 4.42. The molecule has 5 heterocycles. The van der Waals surface area contributed by atoms with Gasteiger partial charge >= 0.3 is 0 Å². The van der Waals surface area contributed by atoms with Crippen LogP contribution < -0.4 is 4.74 Å². The molecule has 11 heteroatoms. The van der Waals surface area contributed by atoms with Crippen LogP contribution in [-0.2, 0) is 4.79 Å². The van der Waals surface area contributed by atoms with Gasteiger partial charge < -0.3 is 9.64 Å². The minimum absolute atomic E-state index is 0.226. The van der Waals surface area contributed by atoms with Crippen molar-refractivity contribution in [3.05, 3.63) is 35.2 Å². The number of H-pyrrole nitrogens is 1. The number of aromatic nitrogens is 6. The Morgan fingerprint density at radius 3 is 2.68 bits per heavy atom.